The van der Waals surface area contributed by atoms with Crippen molar-refractivity contribution in [2.75, 3.05) is 19.8 Å². The Morgan fingerprint density at radius 3 is 2.70 bits per heavy atom. The maximum Gasteiger partial charge on any atom is 0.105 e. The second-order valence-corrected chi connectivity index (χ2v) is 3.72. The summed E-state index contributed by atoms with van der Waals surface area (Å²) >= 11 is 0. The van der Waals surface area contributed by atoms with E-state index in [-0.39, 0.29) is 17.7 Å². The van der Waals surface area contributed by atoms with Crippen molar-refractivity contribution in [3.05, 3.63) is 0 Å². The fourth-order valence-corrected chi connectivity index (χ4v) is 1.88. The summed E-state index contributed by atoms with van der Waals surface area (Å²) in [6.07, 6.45) is 0.955. The molecule has 0 amide bonds. The van der Waals surface area contributed by atoms with E-state index in [1.807, 2.05) is 0 Å². The molecular weight excluding hydrogens is 130 g/mol. The van der Waals surface area contributed by atoms with Gasteiger partial charge < -0.3 is 15.2 Å². The van der Waals surface area contributed by atoms with Crippen LogP contribution in [0.1, 0.15) is 13.3 Å². The van der Waals surface area contributed by atoms with Crippen molar-refractivity contribution < 1.29 is 9.84 Å². The molecule has 2 aliphatic rings. The Bertz CT molecular complexity index is 150. The van der Waals surface area contributed by atoms with Crippen molar-refractivity contribution in [1.82, 2.24) is 5.32 Å². The topological polar surface area (TPSA) is 41.5 Å². The Hall–Kier alpha value is -0.120. The van der Waals surface area contributed by atoms with Crippen LogP contribution in [-0.4, -0.2) is 36.0 Å². The van der Waals surface area contributed by atoms with E-state index >= 15 is 0 Å². The van der Waals surface area contributed by atoms with Crippen LogP contribution in [0, 0.1) is 0 Å². The van der Waals surface area contributed by atoms with Crippen molar-refractivity contribution in [3.63, 3.8) is 0 Å². The van der Waals surface area contributed by atoms with Gasteiger partial charge in [-0.1, -0.05) is 0 Å². The van der Waals surface area contributed by atoms with Gasteiger partial charge in [-0.3, -0.25) is 0 Å². The molecule has 0 saturated carbocycles. The summed E-state index contributed by atoms with van der Waals surface area (Å²) < 4.78 is 5.48. The Balaban J connectivity index is 2.19. The fraction of sp³-hybridized carbons (Fsp3) is 1.00. The smallest absolute Gasteiger partial charge is 0.105 e. The van der Waals surface area contributed by atoms with Gasteiger partial charge in [0.15, 0.2) is 0 Å². The van der Waals surface area contributed by atoms with Gasteiger partial charge in [-0.05, 0) is 6.92 Å². The fourth-order valence-electron chi connectivity index (χ4n) is 1.88. The van der Waals surface area contributed by atoms with Gasteiger partial charge in [-0.15, -0.1) is 0 Å². The average molecular weight is 143 g/mol. The molecule has 2 heterocycles. The van der Waals surface area contributed by atoms with E-state index in [2.05, 4.69) is 12.2 Å². The van der Waals surface area contributed by atoms with E-state index in [0.717, 1.165) is 19.6 Å². The Kier molecular flexibility index (Phi) is 1.14. The van der Waals surface area contributed by atoms with Crippen LogP contribution < -0.4 is 5.32 Å². The molecule has 2 atom stereocenters. The molecule has 0 radical (unpaired) electrons. The molecule has 3 heteroatoms. The number of aliphatic hydroxyl groups excluding tert-OH is 1. The zero-order valence-electron chi connectivity index (χ0n) is 6.18. The molecule has 10 heavy (non-hydrogen) atoms. The lowest BCUT2D eigenvalue weighted by atomic mass is 9.97. The molecule has 0 spiro atoms. The highest BCUT2D eigenvalue weighted by Gasteiger charge is 2.52. The molecule has 2 aliphatic heterocycles. The van der Waals surface area contributed by atoms with Crippen molar-refractivity contribution in [2.45, 2.75) is 24.5 Å². The van der Waals surface area contributed by atoms with Crippen molar-refractivity contribution in [1.29, 1.82) is 0 Å². The summed E-state index contributed by atoms with van der Waals surface area (Å²) in [7, 11) is 0. The SMILES string of the molecule is CC12COC(CO)(CN1)C2. The van der Waals surface area contributed by atoms with Gasteiger partial charge in [0.25, 0.3) is 0 Å². The molecule has 3 nitrogen and oxygen atoms in total. The van der Waals surface area contributed by atoms with E-state index in [1.54, 1.807) is 0 Å². The largest absolute Gasteiger partial charge is 0.393 e. The van der Waals surface area contributed by atoms with Gasteiger partial charge in [0.1, 0.15) is 5.60 Å². The number of nitrogens with one attached hydrogen (secondary N) is 1. The Morgan fingerprint density at radius 1 is 1.70 bits per heavy atom. The lowest BCUT2D eigenvalue weighted by molar-refractivity contribution is -0.0479. The standard InChI is InChI=1S/C7H13NO2/c1-6-2-7(4-9,3-8-6)10-5-6/h8-9H,2-5H2,1H3. The average Bonchev–Trinajstić information content (AvgIpc) is 2.42. The zero-order chi connectivity index (χ0) is 7.24. The maximum atomic E-state index is 8.99. The monoisotopic (exact) mass is 143 g/mol. The summed E-state index contributed by atoms with van der Waals surface area (Å²) in [4.78, 5) is 0. The summed E-state index contributed by atoms with van der Waals surface area (Å²) in [5.74, 6) is 0. The van der Waals surface area contributed by atoms with Crippen molar-refractivity contribution >= 4 is 0 Å². The third-order valence-corrected chi connectivity index (χ3v) is 2.53. The number of hydrogen-bond donors (Lipinski definition) is 2. The minimum atomic E-state index is -0.241. The number of ether oxygens (including phenoxy) is 1. The Labute approximate surface area is 60.4 Å². The van der Waals surface area contributed by atoms with E-state index < -0.39 is 0 Å². The molecule has 2 unspecified atom stereocenters. The summed E-state index contributed by atoms with van der Waals surface area (Å²) in [6, 6.07) is 0. The molecule has 2 fully saturated rings. The van der Waals surface area contributed by atoms with Crippen LogP contribution in [0.15, 0.2) is 0 Å². The first-order chi connectivity index (χ1) is 4.68. The molecule has 2 N–H and O–H groups in total. The molecule has 0 aromatic heterocycles. The number of fused-ring (bicyclic) bond motifs is 2. The van der Waals surface area contributed by atoms with Crippen molar-refractivity contribution in [2.24, 2.45) is 0 Å². The number of morpholine rings is 1. The summed E-state index contributed by atoms with van der Waals surface area (Å²) in [6.45, 7) is 3.83. The molecule has 0 aliphatic carbocycles. The number of hydrogen-bond acceptors (Lipinski definition) is 3. The maximum absolute atomic E-state index is 8.99. The predicted octanol–water partition coefficient (Wildman–Crippen LogP) is -0.500. The quantitative estimate of drug-likeness (QED) is 0.520. The third kappa shape index (κ3) is 0.713. The molecular formula is C7H13NO2. The predicted molar refractivity (Wildman–Crippen MR) is 36.8 cm³/mol. The Morgan fingerprint density at radius 2 is 2.50 bits per heavy atom. The van der Waals surface area contributed by atoms with Crippen LogP contribution in [0.4, 0.5) is 0 Å². The number of aliphatic hydroxyl groups is 1. The van der Waals surface area contributed by atoms with Gasteiger partial charge in [0, 0.05) is 18.5 Å². The van der Waals surface area contributed by atoms with Gasteiger partial charge >= 0.3 is 0 Å². The van der Waals surface area contributed by atoms with Crippen LogP contribution in [0.3, 0.4) is 0 Å². The first kappa shape index (κ1) is 6.58. The molecule has 2 saturated heterocycles. The molecule has 2 rings (SSSR count). The van der Waals surface area contributed by atoms with Crippen LogP contribution >= 0.6 is 0 Å². The van der Waals surface area contributed by atoms with Crippen LogP contribution in [0.5, 0.6) is 0 Å². The first-order valence-corrected chi connectivity index (χ1v) is 3.68. The first-order valence-electron chi connectivity index (χ1n) is 3.68. The van der Waals surface area contributed by atoms with Crippen LogP contribution in [-0.2, 0) is 4.74 Å². The summed E-state index contributed by atoms with van der Waals surface area (Å²) in [5.41, 5.74) is -0.0997. The van der Waals surface area contributed by atoms with Gasteiger partial charge in [-0.25, -0.2) is 0 Å². The van der Waals surface area contributed by atoms with Crippen LogP contribution in [0.2, 0.25) is 0 Å². The lowest BCUT2D eigenvalue weighted by Crippen LogP contribution is -2.46. The minimum Gasteiger partial charge on any atom is -0.393 e. The van der Waals surface area contributed by atoms with Gasteiger partial charge in [0.05, 0.1) is 13.2 Å². The number of rotatable bonds is 1. The van der Waals surface area contributed by atoms with E-state index in [0.29, 0.717) is 0 Å². The second-order valence-electron chi connectivity index (χ2n) is 3.72. The molecule has 58 valence electrons. The highest BCUT2D eigenvalue weighted by molar-refractivity contribution is 5.08. The second kappa shape index (κ2) is 1.72. The van der Waals surface area contributed by atoms with Crippen molar-refractivity contribution in [3.8, 4) is 0 Å². The van der Waals surface area contributed by atoms with Gasteiger partial charge in [0.2, 0.25) is 0 Å². The van der Waals surface area contributed by atoms with E-state index in [1.165, 1.54) is 0 Å². The third-order valence-electron chi connectivity index (χ3n) is 2.53. The molecule has 0 aromatic carbocycles. The van der Waals surface area contributed by atoms with Crippen LogP contribution in [0.25, 0.3) is 0 Å². The zero-order valence-corrected chi connectivity index (χ0v) is 6.18. The minimum absolute atomic E-state index is 0.142. The summed E-state index contributed by atoms with van der Waals surface area (Å²) in [5, 5.41) is 12.3. The molecule has 2 bridgehead atoms. The van der Waals surface area contributed by atoms with E-state index in [9.17, 15) is 0 Å². The lowest BCUT2D eigenvalue weighted by Gasteiger charge is -2.26. The van der Waals surface area contributed by atoms with Gasteiger partial charge in [-0.2, -0.15) is 0 Å². The molecule has 0 aromatic rings. The highest BCUT2D eigenvalue weighted by Crippen LogP contribution is 2.37. The highest BCUT2D eigenvalue weighted by atomic mass is 16.5. The van der Waals surface area contributed by atoms with E-state index in [4.69, 9.17) is 9.84 Å². The normalized spacial score (nSPS) is 52.2.